The van der Waals surface area contributed by atoms with Gasteiger partial charge in [0.2, 0.25) is 5.91 Å². The summed E-state index contributed by atoms with van der Waals surface area (Å²) >= 11 is 0. The molecule has 4 heterocycles. The highest BCUT2D eigenvalue weighted by Gasteiger charge is 2.43. The van der Waals surface area contributed by atoms with Gasteiger partial charge in [-0.25, -0.2) is 9.97 Å². The van der Waals surface area contributed by atoms with Crippen LogP contribution in [0, 0.1) is 6.92 Å². The lowest BCUT2D eigenvalue weighted by Crippen LogP contribution is -2.47. The van der Waals surface area contributed by atoms with Crippen LogP contribution >= 0.6 is 0 Å². The maximum Gasteiger partial charge on any atom is 0.261 e. The maximum absolute atomic E-state index is 13.4. The summed E-state index contributed by atoms with van der Waals surface area (Å²) in [7, 11) is 3.46. The molecule has 0 radical (unpaired) electrons. The zero-order chi connectivity index (χ0) is 26.5. The van der Waals surface area contributed by atoms with Crippen LogP contribution in [0.5, 0.6) is 0 Å². The molecule has 3 aromatic rings. The van der Waals surface area contributed by atoms with E-state index < -0.39 is 5.41 Å². The molecule has 37 heavy (non-hydrogen) atoms. The monoisotopic (exact) mass is 505 g/mol. The van der Waals surface area contributed by atoms with Crippen LogP contribution in [-0.2, 0) is 32.6 Å². The molecule has 1 fully saturated rings. The number of morpholine rings is 1. The number of nitrogens with zero attached hydrogens (tertiary/aromatic N) is 5. The summed E-state index contributed by atoms with van der Waals surface area (Å²) < 4.78 is 13.0. The Balaban J connectivity index is 1.37. The number of methoxy groups -OCH3 is 1. The van der Waals surface area contributed by atoms with Crippen LogP contribution in [0.2, 0.25) is 0 Å². The van der Waals surface area contributed by atoms with E-state index in [1.54, 1.807) is 23.6 Å². The molecule has 0 N–H and O–H groups in total. The van der Waals surface area contributed by atoms with Crippen molar-refractivity contribution < 1.29 is 14.3 Å². The van der Waals surface area contributed by atoms with E-state index in [-0.39, 0.29) is 23.7 Å². The lowest BCUT2D eigenvalue weighted by molar-refractivity contribution is -0.121. The molecule has 0 spiro atoms. The molecule has 0 bridgehead atoms. The molecule has 9 nitrogen and oxygen atoms in total. The molecule has 9 heteroatoms. The highest BCUT2D eigenvalue weighted by molar-refractivity contribution is 6.06. The smallest absolute Gasteiger partial charge is 0.261 e. The fourth-order valence-corrected chi connectivity index (χ4v) is 5.35. The van der Waals surface area contributed by atoms with Gasteiger partial charge < -0.3 is 14.4 Å². The van der Waals surface area contributed by atoms with Crippen molar-refractivity contribution in [1.29, 1.82) is 0 Å². The second-order valence-corrected chi connectivity index (χ2v) is 10.5. The second kappa shape index (κ2) is 9.54. The quantitative estimate of drug-likeness (QED) is 0.509. The Morgan fingerprint density at radius 3 is 2.73 bits per heavy atom. The molecule has 1 aromatic carbocycles. The number of benzene rings is 1. The molecule has 0 saturated carbocycles. The van der Waals surface area contributed by atoms with Gasteiger partial charge in [0.25, 0.3) is 5.56 Å². The van der Waals surface area contributed by atoms with E-state index in [0.29, 0.717) is 42.1 Å². The van der Waals surface area contributed by atoms with Gasteiger partial charge in [-0.05, 0) is 52.0 Å². The van der Waals surface area contributed by atoms with Gasteiger partial charge in [-0.15, -0.1) is 0 Å². The minimum atomic E-state index is -0.575. The van der Waals surface area contributed by atoms with E-state index in [9.17, 15) is 9.59 Å². The van der Waals surface area contributed by atoms with Crippen molar-refractivity contribution in [3.63, 3.8) is 0 Å². The van der Waals surface area contributed by atoms with Gasteiger partial charge in [0.1, 0.15) is 17.7 Å². The predicted octanol–water partition coefficient (Wildman–Crippen LogP) is 2.84. The number of ether oxygens (including phenoxy) is 2. The molecule has 0 aliphatic carbocycles. The van der Waals surface area contributed by atoms with E-state index in [4.69, 9.17) is 19.4 Å². The number of rotatable bonds is 6. The molecule has 0 unspecified atom stereocenters. The zero-order valence-electron chi connectivity index (χ0n) is 22.4. The summed E-state index contributed by atoms with van der Waals surface area (Å²) in [6.45, 7) is 10.3. The van der Waals surface area contributed by atoms with Crippen LogP contribution in [0.25, 0.3) is 10.9 Å². The van der Waals surface area contributed by atoms with Crippen LogP contribution < -0.4 is 15.4 Å². The molecule has 2 aliphatic heterocycles. The topological polar surface area (TPSA) is 89.8 Å². The number of likely N-dealkylation sites (N-methyl/N-ethyl adjacent to an activating group) is 1. The van der Waals surface area contributed by atoms with Crippen molar-refractivity contribution in [3.8, 4) is 0 Å². The first-order valence-corrected chi connectivity index (χ1v) is 12.8. The Kier molecular flexibility index (Phi) is 6.53. The Hall–Kier alpha value is -3.30. The van der Waals surface area contributed by atoms with Gasteiger partial charge in [0, 0.05) is 57.2 Å². The van der Waals surface area contributed by atoms with Gasteiger partial charge >= 0.3 is 0 Å². The Morgan fingerprint density at radius 1 is 1.19 bits per heavy atom. The summed E-state index contributed by atoms with van der Waals surface area (Å²) in [5.41, 5.74) is 2.85. The number of hydrogen-bond acceptors (Lipinski definition) is 7. The Labute approximate surface area is 217 Å². The van der Waals surface area contributed by atoms with Crippen molar-refractivity contribution in [2.45, 2.75) is 58.3 Å². The van der Waals surface area contributed by atoms with Crippen molar-refractivity contribution in [2.75, 3.05) is 43.7 Å². The van der Waals surface area contributed by atoms with E-state index in [0.717, 1.165) is 30.0 Å². The van der Waals surface area contributed by atoms with Gasteiger partial charge in [-0.3, -0.25) is 19.1 Å². The van der Waals surface area contributed by atoms with Gasteiger partial charge in [-0.2, -0.15) is 0 Å². The summed E-state index contributed by atoms with van der Waals surface area (Å²) in [6.07, 6.45) is 0.562. The number of pyridine rings is 1. The highest BCUT2D eigenvalue weighted by Crippen LogP contribution is 2.39. The number of carbonyl (C=O) groups excluding carboxylic acids is 1. The largest absolute Gasteiger partial charge is 0.379 e. The molecule has 2 aliphatic rings. The lowest BCUT2D eigenvalue weighted by Gasteiger charge is -2.36. The van der Waals surface area contributed by atoms with E-state index in [1.807, 2.05) is 58.0 Å². The third-order valence-electron chi connectivity index (χ3n) is 7.84. The van der Waals surface area contributed by atoms with Gasteiger partial charge in [-0.1, -0.05) is 6.07 Å². The first kappa shape index (κ1) is 25.4. The number of hydrogen-bond donors (Lipinski definition) is 0. The van der Waals surface area contributed by atoms with E-state index >= 15 is 0 Å². The van der Waals surface area contributed by atoms with Crippen molar-refractivity contribution in [1.82, 2.24) is 14.5 Å². The lowest BCUT2D eigenvalue weighted by atomic mass is 9.87. The maximum atomic E-state index is 13.4. The van der Waals surface area contributed by atoms with Crippen molar-refractivity contribution in [2.24, 2.45) is 0 Å². The van der Waals surface area contributed by atoms with E-state index in [1.165, 1.54) is 0 Å². The summed E-state index contributed by atoms with van der Waals surface area (Å²) in [6, 6.07) is 9.79. The SMILES string of the molecule is CO[C@H](C)[C@H]1CN(c2ccc3c(=O)n(CCc4ccc5c(n4)N(C)C(=O)C5(C)C)c(C)nc3c2)CCO1. The van der Waals surface area contributed by atoms with Crippen LogP contribution in [-0.4, -0.2) is 66.5 Å². The number of fused-ring (bicyclic) bond motifs is 2. The van der Waals surface area contributed by atoms with Gasteiger partial charge in [0.05, 0.1) is 29.0 Å². The predicted molar refractivity (Wildman–Crippen MR) is 144 cm³/mol. The summed E-state index contributed by atoms with van der Waals surface area (Å²) in [4.78, 5) is 39.4. The van der Waals surface area contributed by atoms with E-state index in [2.05, 4.69) is 4.90 Å². The van der Waals surface area contributed by atoms with Crippen molar-refractivity contribution >= 4 is 28.3 Å². The normalized spacial score (nSPS) is 19.9. The second-order valence-electron chi connectivity index (χ2n) is 10.5. The standard InChI is InChI=1S/C28H35N5O4/c1-17(36-6)24-16-32(13-14-37-24)20-8-9-21-23(15-20)29-18(2)33(26(21)34)12-11-19-7-10-22-25(30-19)31(5)27(35)28(22,3)4/h7-10,15,17,24H,11-14,16H2,1-6H3/t17-,24-/m1/s1. The average molecular weight is 506 g/mol. The number of carbonyl (C=O) groups is 1. The fourth-order valence-electron chi connectivity index (χ4n) is 5.35. The third-order valence-corrected chi connectivity index (χ3v) is 7.84. The Morgan fingerprint density at radius 2 is 1.97 bits per heavy atom. The fraction of sp³-hybridized carbons (Fsp3) is 0.500. The zero-order valence-corrected chi connectivity index (χ0v) is 22.4. The molecule has 1 amide bonds. The van der Waals surface area contributed by atoms with Crippen LogP contribution in [0.15, 0.2) is 35.1 Å². The molecular formula is C28H35N5O4. The average Bonchev–Trinajstić information content (AvgIpc) is 3.07. The van der Waals surface area contributed by atoms with Crippen LogP contribution in [0.4, 0.5) is 11.5 Å². The van der Waals surface area contributed by atoms with Crippen LogP contribution in [0.1, 0.15) is 37.9 Å². The number of amides is 1. The molecule has 2 atom stereocenters. The molecule has 5 rings (SSSR count). The minimum Gasteiger partial charge on any atom is -0.379 e. The first-order valence-electron chi connectivity index (χ1n) is 12.8. The van der Waals surface area contributed by atoms with Crippen molar-refractivity contribution in [3.05, 3.63) is 57.8 Å². The molecule has 2 aromatic heterocycles. The summed E-state index contributed by atoms with van der Waals surface area (Å²) in [5.74, 6) is 1.40. The summed E-state index contributed by atoms with van der Waals surface area (Å²) in [5, 5.41) is 0.596. The molecule has 1 saturated heterocycles. The molecule has 196 valence electrons. The molecular weight excluding hydrogens is 470 g/mol. The number of aryl methyl sites for hydroxylation is 2. The number of anilines is 2. The Bertz CT molecular complexity index is 1420. The first-order chi connectivity index (χ1) is 17.6. The number of aromatic nitrogens is 3. The third kappa shape index (κ3) is 4.40. The van der Waals surface area contributed by atoms with Crippen LogP contribution in [0.3, 0.4) is 0 Å². The van der Waals surface area contributed by atoms with Gasteiger partial charge in [0.15, 0.2) is 0 Å². The highest BCUT2D eigenvalue weighted by atomic mass is 16.5. The minimum absolute atomic E-state index is 0.00312.